The van der Waals surface area contributed by atoms with Gasteiger partial charge in [0.15, 0.2) is 0 Å². The molecule has 2 aromatic carbocycles. The Balaban J connectivity index is 1.24. The van der Waals surface area contributed by atoms with Crippen LogP contribution >= 0.6 is 0 Å². The van der Waals surface area contributed by atoms with Crippen molar-refractivity contribution in [2.45, 2.75) is 25.4 Å². The van der Waals surface area contributed by atoms with Crippen molar-refractivity contribution in [3.8, 4) is 5.75 Å². The van der Waals surface area contributed by atoms with Gasteiger partial charge in [0.05, 0.1) is 18.3 Å². The Morgan fingerprint density at radius 2 is 1.87 bits per heavy atom. The van der Waals surface area contributed by atoms with Crippen LogP contribution in [0.2, 0.25) is 0 Å². The standard InChI is InChI=1S/C24H26N4O3/c1-31-21-7-4-6-18(15-21)23(29)27-24(30)26-19-11-13-28(14-12-19)16-20-10-9-17-5-2-3-8-22(17)25-20/h2-10,15,19H,11-14,16H2,1H3,(H2,26,27,29,30). The zero-order chi connectivity index (χ0) is 21.6. The first-order valence-corrected chi connectivity index (χ1v) is 10.4. The van der Waals surface area contributed by atoms with E-state index in [0.717, 1.165) is 49.1 Å². The van der Waals surface area contributed by atoms with E-state index in [2.05, 4.69) is 33.7 Å². The van der Waals surface area contributed by atoms with E-state index in [4.69, 9.17) is 9.72 Å². The predicted octanol–water partition coefficient (Wildman–Crippen LogP) is 3.35. The summed E-state index contributed by atoms with van der Waals surface area (Å²) in [5.41, 5.74) is 2.44. The molecule has 1 aromatic heterocycles. The van der Waals surface area contributed by atoms with Crippen LogP contribution in [0.1, 0.15) is 28.9 Å². The maximum Gasteiger partial charge on any atom is 0.321 e. The number of likely N-dealkylation sites (tertiary alicyclic amines) is 1. The summed E-state index contributed by atoms with van der Waals surface area (Å²) in [5.74, 6) is 0.123. The summed E-state index contributed by atoms with van der Waals surface area (Å²) < 4.78 is 5.12. The van der Waals surface area contributed by atoms with Crippen molar-refractivity contribution in [2.24, 2.45) is 0 Å². The summed E-state index contributed by atoms with van der Waals surface area (Å²) in [6.45, 7) is 2.52. The summed E-state index contributed by atoms with van der Waals surface area (Å²) >= 11 is 0. The van der Waals surface area contributed by atoms with Crippen molar-refractivity contribution in [1.29, 1.82) is 0 Å². The zero-order valence-electron chi connectivity index (χ0n) is 17.5. The molecule has 3 amide bonds. The molecule has 7 heteroatoms. The minimum atomic E-state index is -0.470. The van der Waals surface area contributed by atoms with Gasteiger partial charge in [-0.15, -0.1) is 0 Å². The SMILES string of the molecule is COc1cccc(C(=O)NC(=O)NC2CCN(Cc3ccc4ccccc4n3)CC2)c1. The number of carbonyl (C=O) groups is 2. The molecule has 0 bridgehead atoms. The van der Waals surface area contributed by atoms with Crippen LogP contribution in [0.15, 0.2) is 60.7 Å². The normalized spacial score (nSPS) is 14.9. The molecule has 160 valence electrons. The number of para-hydroxylation sites is 1. The third kappa shape index (κ3) is 5.38. The molecule has 31 heavy (non-hydrogen) atoms. The molecule has 7 nitrogen and oxygen atoms in total. The molecule has 3 aromatic rings. The highest BCUT2D eigenvalue weighted by atomic mass is 16.5. The highest BCUT2D eigenvalue weighted by molar-refractivity contribution is 6.04. The fourth-order valence-electron chi connectivity index (χ4n) is 3.82. The summed E-state index contributed by atoms with van der Waals surface area (Å²) in [6, 6.07) is 18.6. The van der Waals surface area contributed by atoms with Gasteiger partial charge in [0, 0.05) is 36.6 Å². The topological polar surface area (TPSA) is 83.6 Å². The fourth-order valence-corrected chi connectivity index (χ4v) is 3.82. The summed E-state index contributed by atoms with van der Waals surface area (Å²) in [5, 5.41) is 6.45. The number of nitrogens with zero attached hydrogens (tertiary/aromatic N) is 2. The van der Waals surface area contributed by atoms with Gasteiger partial charge in [-0.1, -0.05) is 30.3 Å². The van der Waals surface area contributed by atoms with Gasteiger partial charge in [-0.25, -0.2) is 4.79 Å². The van der Waals surface area contributed by atoms with E-state index in [1.165, 1.54) is 7.11 Å². The molecule has 2 heterocycles. The maximum absolute atomic E-state index is 12.3. The van der Waals surface area contributed by atoms with Crippen LogP contribution in [-0.4, -0.2) is 48.1 Å². The number of aromatic nitrogens is 1. The highest BCUT2D eigenvalue weighted by Crippen LogP contribution is 2.16. The highest BCUT2D eigenvalue weighted by Gasteiger charge is 2.22. The van der Waals surface area contributed by atoms with Crippen LogP contribution in [0.3, 0.4) is 0 Å². The largest absolute Gasteiger partial charge is 0.497 e. The molecule has 0 saturated carbocycles. The van der Waals surface area contributed by atoms with Gasteiger partial charge in [-0.3, -0.25) is 20.0 Å². The Morgan fingerprint density at radius 3 is 2.68 bits per heavy atom. The van der Waals surface area contributed by atoms with Crippen molar-refractivity contribution in [2.75, 3.05) is 20.2 Å². The molecule has 1 fully saturated rings. The second-order valence-corrected chi connectivity index (χ2v) is 7.71. The van der Waals surface area contributed by atoms with Crippen molar-refractivity contribution in [3.63, 3.8) is 0 Å². The number of rotatable bonds is 5. The monoisotopic (exact) mass is 418 g/mol. The smallest absolute Gasteiger partial charge is 0.321 e. The van der Waals surface area contributed by atoms with E-state index in [1.807, 2.05) is 18.2 Å². The molecule has 1 aliphatic heterocycles. The van der Waals surface area contributed by atoms with E-state index in [1.54, 1.807) is 24.3 Å². The molecule has 0 atom stereocenters. The lowest BCUT2D eigenvalue weighted by molar-refractivity contribution is 0.0961. The number of nitrogens with one attached hydrogen (secondary N) is 2. The number of amides is 3. The van der Waals surface area contributed by atoms with Crippen molar-refractivity contribution in [3.05, 3.63) is 71.9 Å². The molecular weight excluding hydrogens is 392 g/mol. The molecule has 0 spiro atoms. The van der Waals surface area contributed by atoms with Gasteiger partial charge < -0.3 is 10.1 Å². The molecule has 0 aliphatic carbocycles. The van der Waals surface area contributed by atoms with Crippen LogP contribution in [-0.2, 0) is 6.54 Å². The average molecular weight is 418 g/mol. The molecular formula is C24H26N4O3. The third-order valence-electron chi connectivity index (χ3n) is 5.52. The van der Waals surface area contributed by atoms with Gasteiger partial charge in [0.1, 0.15) is 5.75 Å². The Labute approximate surface area is 181 Å². The fraction of sp³-hybridized carbons (Fsp3) is 0.292. The Hall–Kier alpha value is -3.45. The van der Waals surface area contributed by atoms with Crippen molar-refractivity contribution >= 4 is 22.8 Å². The van der Waals surface area contributed by atoms with Gasteiger partial charge >= 0.3 is 6.03 Å². The first-order valence-electron chi connectivity index (χ1n) is 10.4. The summed E-state index contributed by atoms with van der Waals surface area (Å²) in [6.07, 6.45) is 1.66. The lowest BCUT2D eigenvalue weighted by atomic mass is 10.0. The number of carbonyl (C=O) groups excluding carboxylic acids is 2. The Morgan fingerprint density at radius 1 is 1.06 bits per heavy atom. The number of methoxy groups -OCH3 is 1. The summed E-state index contributed by atoms with van der Waals surface area (Å²) in [7, 11) is 1.53. The number of benzene rings is 2. The van der Waals surface area contributed by atoms with Gasteiger partial charge in [-0.2, -0.15) is 0 Å². The van der Waals surface area contributed by atoms with Gasteiger partial charge in [0.2, 0.25) is 0 Å². The van der Waals surface area contributed by atoms with E-state index in [-0.39, 0.29) is 6.04 Å². The van der Waals surface area contributed by atoms with E-state index < -0.39 is 11.9 Å². The quantitative estimate of drug-likeness (QED) is 0.664. The predicted molar refractivity (Wildman–Crippen MR) is 119 cm³/mol. The Bertz CT molecular complexity index is 1080. The van der Waals surface area contributed by atoms with Gasteiger partial charge in [-0.05, 0) is 43.2 Å². The van der Waals surface area contributed by atoms with Gasteiger partial charge in [0.25, 0.3) is 5.91 Å². The van der Waals surface area contributed by atoms with E-state index in [0.29, 0.717) is 11.3 Å². The van der Waals surface area contributed by atoms with Crippen LogP contribution in [0, 0.1) is 0 Å². The molecule has 4 rings (SSSR count). The molecule has 1 saturated heterocycles. The van der Waals surface area contributed by atoms with Crippen LogP contribution in [0.4, 0.5) is 4.79 Å². The number of hydrogen-bond acceptors (Lipinski definition) is 5. The second kappa shape index (κ2) is 9.57. The molecule has 1 aliphatic rings. The minimum Gasteiger partial charge on any atom is -0.497 e. The number of imide groups is 1. The molecule has 2 N–H and O–H groups in total. The number of urea groups is 1. The molecule has 0 radical (unpaired) electrons. The number of piperidine rings is 1. The zero-order valence-corrected chi connectivity index (χ0v) is 17.5. The molecule has 0 unspecified atom stereocenters. The van der Waals surface area contributed by atoms with Crippen molar-refractivity contribution < 1.29 is 14.3 Å². The Kier molecular flexibility index (Phi) is 6.43. The number of pyridine rings is 1. The third-order valence-corrected chi connectivity index (χ3v) is 5.52. The average Bonchev–Trinajstić information content (AvgIpc) is 2.80. The van der Waals surface area contributed by atoms with Crippen LogP contribution < -0.4 is 15.4 Å². The van der Waals surface area contributed by atoms with Crippen molar-refractivity contribution in [1.82, 2.24) is 20.5 Å². The number of ether oxygens (including phenoxy) is 1. The second-order valence-electron chi connectivity index (χ2n) is 7.71. The first-order chi connectivity index (χ1) is 15.1. The summed E-state index contributed by atoms with van der Waals surface area (Å²) in [4.78, 5) is 31.6. The van der Waals surface area contributed by atoms with Crippen LogP contribution in [0.5, 0.6) is 5.75 Å². The van der Waals surface area contributed by atoms with Crippen LogP contribution in [0.25, 0.3) is 10.9 Å². The maximum atomic E-state index is 12.3. The minimum absolute atomic E-state index is 0.0407. The van der Waals surface area contributed by atoms with E-state index in [9.17, 15) is 9.59 Å². The number of fused-ring (bicyclic) bond motifs is 1. The lowest BCUT2D eigenvalue weighted by Gasteiger charge is -2.32. The number of hydrogen-bond donors (Lipinski definition) is 2. The lowest BCUT2D eigenvalue weighted by Crippen LogP contribution is -2.49. The van der Waals surface area contributed by atoms with E-state index >= 15 is 0 Å². The first kappa shape index (κ1) is 20.8.